The molecular weight excluding hydrogens is 256 g/mol. The maximum atomic E-state index is 4.68. The fourth-order valence-electron chi connectivity index (χ4n) is 2.28. The highest BCUT2D eigenvalue weighted by Gasteiger charge is 2.21. The normalized spacial score (nSPS) is 13.0. The van der Waals surface area contributed by atoms with Gasteiger partial charge in [0, 0.05) is 6.20 Å². The van der Waals surface area contributed by atoms with Gasteiger partial charge in [0.05, 0.1) is 17.6 Å². The second kappa shape index (κ2) is 5.51. The fraction of sp³-hybridized carbons (Fsp3) is 0.421. The van der Waals surface area contributed by atoms with Gasteiger partial charge in [-0.3, -0.25) is 4.99 Å². The molecule has 1 heterocycles. The number of H-pyrrole nitrogens is 1. The molecule has 0 aliphatic heterocycles. The van der Waals surface area contributed by atoms with E-state index in [-0.39, 0.29) is 10.8 Å². The number of aromatic amines is 1. The second-order valence-electron chi connectivity index (χ2n) is 7.62. The highest BCUT2D eigenvalue weighted by molar-refractivity contribution is 5.80. The Hall–Kier alpha value is -1.83. The van der Waals surface area contributed by atoms with Crippen LogP contribution in [0.4, 0.5) is 5.69 Å². The third-order valence-corrected chi connectivity index (χ3v) is 3.64. The zero-order chi connectivity index (χ0) is 15.7. The molecule has 0 fully saturated rings. The van der Waals surface area contributed by atoms with Gasteiger partial charge in [-0.15, -0.1) is 0 Å². The minimum atomic E-state index is 0.0731. The van der Waals surface area contributed by atoms with Gasteiger partial charge in [0.15, 0.2) is 0 Å². The van der Waals surface area contributed by atoms with E-state index in [0.29, 0.717) is 0 Å². The standard InChI is InChI=1S/C19H26N2/c1-18(2,3)14-9-10-17(16(12-14)19(4,5)6)21-13-15-8-7-11-20-15/h7-13,20H,1-6H3. The summed E-state index contributed by atoms with van der Waals surface area (Å²) in [6.45, 7) is 13.5. The van der Waals surface area contributed by atoms with Crippen molar-refractivity contribution in [3.05, 3.63) is 53.3 Å². The van der Waals surface area contributed by atoms with Crippen molar-refractivity contribution in [3.8, 4) is 0 Å². The van der Waals surface area contributed by atoms with E-state index >= 15 is 0 Å². The molecule has 1 N–H and O–H groups in total. The summed E-state index contributed by atoms with van der Waals surface area (Å²) >= 11 is 0. The summed E-state index contributed by atoms with van der Waals surface area (Å²) in [6.07, 6.45) is 3.80. The number of rotatable bonds is 2. The van der Waals surface area contributed by atoms with Crippen LogP contribution in [0.25, 0.3) is 0 Å². The predicted octanol–water partition coefficient (Wildman–Crippen LogP) is 5.36. The highest BCUT2D eigenvalue weighted by Crippen LogP contribution is 2.35. The van der Waals surface area contributed by atoms with Crippen LogP contribution in [0.5, 0.6) is 0 Å². The van der Waals surface area contributed by atoms with Crippen molar-refractivity contribution >= 4 is 11.9 Å². The molecule has 0 radical (unpaired) electrons. The minimum absolute atomic E-state index is 0.0731. The molecule has 0 atom stereocenters. The first-order valence-corrected chi connectivity index (χ1v) is 7.50. The molecule has 2 nitrogen and oxygen atoms in total. The van der Waals surface area contributed by atoms with Crippen LogP contribution in [-0.2, 0) is 10.8 Å². The molecule has 0 unspecified atom stereocenters. The van der Waals surface area contributed by atoms with Gasteiger partial charge < -0.3 is 4.98 Å². The third kappa shape index (κ3) is 3.84. The number of benzene rings is 1. The van der Waals surface area contributed by atoms with E-state index in [2.05, 4.69) is 69.7 Å². The summed E-state index contributed by atoms with van der Waals surface area (Å²) in [6, 6.07) is 10.6. The fourth-order valence-corrected chi connectivity index (χ4v) is 2.28. The molecule has 2 rings (SSSR count). The summed E-state index contributed by atoms with van der Waals surface area (Å²) in [7, 11) is 0. The minimum Gasteiger partial charge on any atom is -0.360 e. The predicted molar refractivity (Wildman–Crippen MR) is 91.9 cm³/mol. The second-order valence-corrected chi connectivity index (χ2v) is 7.62. The van der Waals surface area contributed by atoms with Crippen molar-refractivity contribution < 1.29 is 0 Å². The summed E-state index contributed by atoms with van der Waals surface area (Å²) < 4.78 is 0. The lowest BCUT2D eigenvalue weighted by Crippen LogP contribution is -2.16. The van der Waals surface area contributed by atoms with Crippen LogP contribution in [0.2, 0.25) is 0 Å². The zero-order valence-electron chi connectivity index (χ0n) is 14.0. The van der Waals surface area contributed by atoms with Gasteiger partial charge in [0.2, 0.25) is 0 Å². The highest BCUT2D eigenvalue weighted by atomic mass is 14.8. The van der Waals surface area contributed by atoms with E-state index in [1.165, 1.54) is 11.1 Å². The van der Waals surface area contributed by atoms with E-state index in [0.717, 1.165) is 11.4 Å². The van der Waals surface area contributed by atoms with Crippen molar-refractivity contribution in [3.63, 3.8) is 0 Å². The molecule has 0 saturated heterocycles. The molecule has 0 amide bonds. The van der Waals surface area contributed by atoms with Crippen LogP contribution in [0.15, 0.2) is 41.5 Å². The maximum Gasteiger partial charge on any atom is 0.0668 e. The molecule has 1 aromatic heterocycles. The molecule has 2 heteroatoms. The van der Waals surface area contributed by atoms with E-state index < -0.39 is 0 Å². The SMILES string of the molecule is CC(C)(C)c1ccc(N=Cc2ccc[nH]2)c(C(C)(C)C)c1. The summed E-state index contributed by atoms with van der Waals surface area (Å²) in [5.74, 6) is 0. The van der Waals surface area contributed by atoms with Crippen molar-refractivity contribution in [1.82, 2.24) is 4.98 Å². The van der Waals surface area contributed by atoms with Gasteiger partial charge in [0.1, 0.15) is 0 Å². The first-order chi connectivity index (χ1) is 9.68. The molecule has 0 aliphatic rings. The third-order valence-electron chi connectivity index (χ3n) is 3.64. The molecule has 2 aromatic rings. The number of aromatic nitrogens is 1. The van der Waals surface area contributed by atoms with Crippen LogP contribution in [0.1, 0.15) is 58.4 Å². The summed E-state index contributed by atoms with van der Waals surface area (Å²) in [5, 5.41) is 0. The van der Waals surface area contributed by atoms with Crippen molar-refractivity contribution in [2.75, 3.05) is 0 Å². The van der Waals surface area contributed by atoms with Gasteiger partial charge in [-0.05, 0) is 40.2 Å². The Bertz CT molecular complexity index is 621. The Kier molecular flexibility index (Phi) is 4.08. The van der Waals surface area contributed by atoms with Gasteiger partial charge in [-0.1, -0.05) is 53.7 Å². The van der Waals surface area contributed by atoms with Gasteiger partial charge in [-0.25, -0.2) is 0 Å². The lowest BCUT2D eigenvalue weighted by atomic mass is 9.80. The summed E-state index contributed by atoms with van der Waals surface area (Å²) in [5.41, 5.74) is 4.94. The first-order valence-electron chi connectivity index (χ1n) is 7.50. The Balaban J connectivity index is 2.46. The lowest BCUT2D eigenvalue weighted by molar-refractivity contribution is 0.569. The Morgan fingerprint density at radius 3 is 2.19 bits per heavy atom. The Morgan fingerprint density at radius 1 is 0.952 bits per heavy atom. The van der Waals surface area contributed by atoms with Crippen LogP contribution >= 0.6 is 0 Å². The average molecular weight is 282 g/mol. The van der Waals surface area contributed by atoms with E-state index in [1.807, 2.05) is 24.5 Å². The van der Waals surface area contributed by atoms with Gasteiger partial charge >= 0.3 is 0 Å². The van der Waals surface area contributed by atoms with Crippen LogP contribution in [0, 0.1) is 0 Å². The first kappa shape index (κ1) is 15.6. The molecule has 0 saturated carbocycles. The average Bonchev–Trinajstić information content (AvgIpc) is 2.87. The largest absolute Gasteiger partial charge is 0.360 e. The molecule has 1 aromatic carbocycles. The van der Waals surface area contributed by atoms with Gasteiger partial charge in [-0.2, -0.15) is 0 Å². The number of nitrogens with one attached hydrogen (secondary N) is 1. The number of hydrogen-bond donors (Lipinski definition) is 1. The van der Waals surface area contributed by atoms with E-state index in [9.17, 15) is 0 Å². The quantitative estimate of drug-likeness (QED) is 0.718. The summed E-state index contributed by atoms with van der Waals surface area (Å²) in [4.78, 5) is 7.83. The zero-order valence-corrected chi connectivity index (χ0v) is 14.0. The van der Waals surface area contributed by atoms with Gasteiger partial charge in [0.25, 0.3) is 0 Å². The van der Waals surface area contributed by atoms with Crippen LogP contribution in [0.3, 0.4) is 0 Å². The van der Waals surface area contributed by atoms with Crippen LogP contribution in [-0.4, -0.2) is 11.2 Å². The van der Waals surface area contributed by atoms with Crippen molar-refractivity contribution in [2.24, 2.45) is 4.99 Å². The topological polar surface area (TPSA) is 28.1 Å². The maximum absolute atomic E-state index is 4.68. The molecule has 112 valence electrons. The number of aliphatic imine (C=N–C) groups is 1. The number of nitrogens with zero attached hydrogens (tertiary/aromatic N) is 1. The molecular formula is C19H26N2. The van der Waals surface area contributed by atoms with Crippen molar-refractivity contribution in [2.45, 2.75) is 52.4 Å². The molecule has 0 bridgehead atoms. The van der Waals surface area contributed by atoms with E-state index in [1.54, 1.807) is 0 Å². The molecule has 0 aliphatic carbocycles. The Morgan fingerprint density at radius 2 is 1.67 bits per heavy atom. The molecule has 21 heavy (non-hydrogen) atoms. The Labute approximate surface area is 128 Å². The molecule has 0 spiro atoms. The van der Waals surface area contributed by atoms with Crippen LogP contribution < -0.4 is 0 Å². The smallest absolute Gasteiger partial charge is 0.0668 e. The lowest BCUT2D eigenvalue weighted by Gasteiger charge is -2.26. The van der Waals surface area contributed by atoms with Crippen molar-refractivity contribution in [1.29, 1.82) is 0 Å². The van der Waals surface area contributed by atoms with E-state index in [4.69, 9.17) is 0 Å². The number of hydrogen-bond acceptors (Lipinski definition) is 1. The monoisotopic (exact) mass is 282 g/mol.